The van der Waals surface area contributed by atoms with Crippen LogP contribution in [0.5, 0.6) is 0 Å². The number of amides is 4. The van der Waals surface area contributed by atoms with E-state index in [1.165, 1.54) is 23.3 Å². The third kappa shape index (κ3) is 2.40. The van der Waals surface area contributed by atoms with E-state index in [0.717, 1.165) is 12.8 Å². The lowest BCUT2D eigenvalue weighted by atomic mass is 9.80. The topological polar surface area (TPSA) is 61.4 Å². The van der Waals surface area contributed by atoms with Crippen LogP contribution in [0.25, 0.3) is 0 Å². The number of imide groups is 1. The molecule has 0 spiro atoms. The lowest BCUT2D eigenvalue weighted by molar-refractivity contribution is 0.196. The third-order valence-electron chi connectivity index (χ3n) is 4.37. The molecule has 6 heteroatoms. The van der Waals surface area contributed by atoms with Gasteiger partial charge in [-0.1, -0.05) is 12.8 Å². The van der Waals surface area contributed by atoms with Gasteiger partial charge in [0, 0.05) is 25.0 Å². The number of carbonyl (C=O) groups is 2. The fourth-order valence-corrected chi connectivity index (χ4v) is 3.97. The minimum Gasteiger partial charge on any atom is -0.337 e. The van der Waals surface area contributed by atoms with E-state index in [4.69, 9.17) is 0 Å². The largest absolute Gasteiger partial charge is 0.337 e. The van der Waals surface area contributed by atoms with E-state index in [0.29, 0.717) is 19.6 Å². The van der Waals surface area contributed by atoms with Crippen LogP contribution in [0.2, 0.25) is 0 Å². The van der Waals surface area contributed by atoms with Gasteiger partial charge in [0.15, 0.2) is 0 Å². The van der Waals surface area contributed by atoms with E-state index >= 15 is 0 Å². The molecule has 2 aliphatic rings. The minimum absolute atomic E-state index is 0.0614. The standard InChI is InChI=1S/C14H19N3O2S/c18-12-15-6-7-17(12)13(19)16-10-14(4-1-2-5-14)11-3-8-20-9-11/h3,8-9H,1-2,4-7,10H2,(H,15,18)(H,16,19). The van der Waals surface area contributed by atoms with Gasteiger partial charge in [0.25, 0.3) is 0 Å². The normalized spacial score (nSPS) is 21.0. The van der Waals surface area contributed by atoms with Crippen LogP contribution in [0, 0.1) is 0 Å². The quantitative estimate of drug-likeness (QED) is 0.898. The molecule has 1 aliphatic carbocycles. The number of nitrogens with zero attached hydrogens (tertiary/aromatic N) is 1. The van der Waals surface area contributed by atoms with Crippen molar-refractivity contribution in [2.45, 2.75) is 31.1 Å². The molecule has 1 aromatic rings. The zero-order chi connectivity index (χ0) is 14.0. The second kappa shape index (κ2) is 5.44. The fourth-order valence-electron chi connectivity index (χ4n) is 3.19. The highest BCUT2D eigenvalue weighted by atomic mass is 32.1. The highest BCUT2D eigenvalue weighted by Gasteiger charge is 2.37. The van der Waals surface area contributed by atoms with Crippen molar-refractivity contribution in [1.82, 2.24) is 15.5 Å². The Morgan fingerprint density at radius 3 is 2.85 bits per heavy atom. The smallest absolute Gasteiger partial charge is 0.325 e. The van der Waals surface area contributed by atoms with Crippen molar-refractivity contribution in [3.8, 4) is 0 Å². The van der Waals surface area contributed by atoms with Gasteiger partial charge in [0.1, 0.15) is 0 Å². The second-order valence-corrected chi connectivity index (χ2v) is 6.32. The molecule has 2 N–H and O–H groups in total. The first-order valence-electron chi connectivity index (χ1n) is 7.07. The third-order valence-corrected chi connectivity index (χ3v) is 5.06. The molecule has 1 saturated heterocycles. The number of hydrogen-bond donors (Lipinski definition) is 2. The van der Waals surface area contributed by atoms with E-state index in [9.17, 15) is 9.59 Å². The van der Waals surface area contributed by atoms with Crippen molar-refractivity contribution in [3.63, 3.8) is 0 Å². The summed E-state index contributed by atoms with van der Waals surface area (Å²) in [6.07, 6.45) is 4.62. The van der Waals surface area contributed by atoms with E-state index in [2.05, 4.69) is 27.5 Å². The summed E-state index contributed by atoms with van der Waals surface area (Å²) in [4.78, 5) is 24.8. The molecule has 1 saturated carbocycles. The number of rotatable bonds is 3. The Kier molecular flexibility index (Phi) is 3.65. The van der Waals surface area contributed by atoms with Crippen LogP contribution >= 0.6 is 11.3 Å². The monoisotopic (exact) mass is 293 g/mol. The van der Waals surface area contributed by atoms with Crippen molar-refractivity contribution >= 4 is 23.4 Å². The van der Waals surface area contributed by atoms with Crippen LogP contribution in [-0.2, 0) is 5.41 Å². The summed E-state index contributed by atoms with van der Waals surface area (Å²) >= 11 is 1.70. The zero-order valence-electron chi connectivity index (χ0n) is 11.4. The van der Waals surface area contributed by atoms with Crippen molar-refractivity contribution < 1.29 is 9.59 Å². The van der Waals surface area contributed by atoms with E-state index in [1.54, 1.807) is 11.3 Å². The van der Waals surface area contributed by atoms with Crippen molar-refractivity contribution in [2.75, 3.05) is 19.6 Å². The predicted octanol–water partition coefficient (Wildman–Crippen LogP) is 2.29. The Hall–Kier alpha value is -1.56. The Morgan fingerprint density at radius 2 is 2.25 bits per heavy atom. The lowest BCUT2D eigenvalue weighted by Crippen LogP contribution is -2.46. The maximum atomic E-state index is 12.1. The number of hydrogen-bond acceptors (Lipinski definition) is 3. The van der Waals surface area contributed by atoms with E-state index in [1.807, 2.05) is 0 Å². The van der Waals surface area contributed by atoms with Crippen LogP contribution in [0.1, 0.15) is 31.2 Å². The Labute approximate surface area is 122 Å². The molecule has 0 atom stereocenters. The van der Waals surface area contributed by atoms with Crippen molar-refractivity contribution in [3.05, 3.63) is 22.4 Å². The molecule has 0 radical (unpaired) electrons. The fraction of sp³-hybridized carbons (Fsp3) is 0.571. The Balaban J connectivity index is 1.66. The number of nitrogens with one attached hydrogen (secondary N) is 2. The van der Waals surface area contributed by atoms with Gasteiger partial charge < -0.3 is 10.6 Å². The molecular weight excluding hydrogens is 274 g/mol. The second-order valence-electron chi connectivity index (χ2n) is 5.54. The Morgan fingerprint density at radius 1 is 1.45 bits per heavy atom. The minimum atomic E-state index is -0.293. The predicted molar refractivity (Wildman–Crippen MR) is 78.0 cm³/mol. The van der Waals surface area contributed by atoms with Gasteiger partial charge in [-0.3, -0.25) is 0 Å². The molecule has 0 unspecified atom stereocenters. The summed E-state index contributed by atoms with van der Waals surface area (Å²) in [5, 5.41) is 9.87. The van der Waals surface area contributed by atoms with E-state index < -0.39 is 0 Å². The summed E-state index contributed by atoms with van der Waals surface area (Å²) in [7, 11) is 0. The molecule has 2 fully saturated rings. The molecule has 4 amide bonds. The maximum Gasteiger partial charge on any atom is 0.325 e. The van der Waals surface area contributed by atoms with Gasteiger partial charge in [0.2, 0.25) is 0 Å². The molecule has 3 rings (SSSR count). The Bertz CT molecular complexity index is 495. The molecular formula is C14H19N3O2S. The van der Waals surface area contributed by atoms with Crippen molar-refractivity contribution in [2.24, 2.45) is 0 Å². The number of thiophene rings is 1. The molecule has 2 heterocycles. The first-order valence-corrected chi connectivity index (χ1v) is 8.01. The molecule has 1 aliphatic heterocycles. The molecule has 108 valence electrons. The molecule has 0 bridgehead atoms. The molecule has 20 heavy (non-hydrogen) atoms. The maximum absolute atomic E-state index is 12.1. The van der Waals surface area contributed by atoms with Crippen LogP contribution < -0.4 is 10.6 Å². The lowest BCUT2D eigenvalue weighted by Gasteiger charge is -2.29. The zero-order valence-corrected chi connectivity index (χ0v) is 12.2. The summed E-state index contributed by atoms with van der Waals surface area (Å²) in [5.41, 5.74) is 1.39. The summed E-state index contributed by atoms with van der Waals surface area (Å²) < 4.78 is 0. The highest BCUT2D eigenvalue weighted by Crippen LogP contribution is 2.41. The highest BCUT2D eigenvalue weighted by molar-refractivity contribution is 7.08. The first-order chi connectivity index (χ1) is 9.71. The average molecular weight is 293 g/mol. The van der Waals surface area contributed by atoms with Crippen LogP contribution in [0.15, 0.2) is 16.8 Å². The average Bonchev–Trinajstić information content (AvgIpc) is 3.17. The van der Waals surface area contributed by atoms with Gasteiger partial charge in [-0.15, -0.1) is 0 Å². The first kappa shape index (κ1) is 13.4. The van der Waals surface area contributed by atoms with Crippen LogP contribution in [0.3, 0.4) is 0 Å². The van der Waals surface area contributed by atoms with Gasteiger partial charge in [-0.25, -0.2) is 14.5 Å². The summed E-state index contributed by atoms with van der Waals surface area (Å²) in [6, 6.07) is 1.59. The SMILES string of the molecule is O=C1NCCN1C(=O)NCC1(c2ccsc2)CCCC1. The van der Waals surface area contributed by atoms with Crippen LogP contribution in [-0.4, -0.2) is 36.6 Å². The summed E-state index contributed by atoms with van der Waals surface area (Å²) in [5.74, 6) is 0. The van der Waals surface area contributed by atoms with Gasteiger partial charge >= 0.3 is 12.1 Å². The van der Waals surface area contributed by atoms with E-state index in [-0.39, 0.29) is 17.5 Å². The molecule has 1 aromatic heterocycles. The number of urea groups is 2. The van der Waals surface area contributed by atoms with Crippen molar-refractivity contribution in [1.29, 1.82) is 0 Å². The van der Waals surface area contributed by atoms with Gasteiger partial charge in [-0.05, 0) is 35.2 Å². The number of carbonyl (C=O) groups excluding carboxylic acids is 2. The molecule has 0 aromatic carbocycles. The molecule has 5 nitrogen and oxygen atoms in total. The van der Waals surface area contributed by atoms with Crippen LogP contribution in [0.4, 0.5) is 9.59 Å². The van der Waals surface area contributed by atoms with Gasteiger partial charge in [-0.2, -0.15) is 11.3 Å². The van der Waals surface area contributed by atoms with Gasteiger partial charge in [0.05, 0.1) is 0 Å². The summed E-state index contributed by atoms with van der Waals surface area (Å²) in [6.45, 7) is 1.62.